The molecule has 6 heteroatoms. The van der Waals surface area contributed by atoms with E-state index in [2.05, 4.69) is 5.48 Å². The molecule has 0 atom stereocenters. The molecule has 0 bridgehead atoms. The summed E-state index contributed by atoms with van der Waals surface area (Å²) in [6.45, 7) is 0.933. The van der Waals surface area contributed by atoms with Gasteiger partial charge in [-0.2, -0.15) is 5.48 Å². The second-order valence-electron chi connectivity index (χ2n) is 3.84. The van der Waals surface area contributed by atoms with Crippen LogP contribution in [0.15, 0.2) is 29.2 Å². The van der Waals surface area contributed by atoms with E-state index in [-0.39, 0.29) is 13.2 Å². The molecule has 0 spiro atoms. The Hall–Kier alpha value is -0.950. The number of rotatable bonds is 5. The van der Waals surface area contributed by atoms with E-state index in [4.69, 9.17) is 9.57 Å². The third kappa shape index (κ3) is 2.50. The fourth-order valence-corrected chi connectivity index (χ4v) is 3.33. The summed E-state index contributed by atoms with van der Waals surface area (Å²) in [5, 5.41) is -0.411. The Morgan fingerprint density at radius 3 is 2.71 bits per heavy atom. The van der Waals surface area contributed by atoms with Gasteiger partial charge in [0.15, 0.2) is 9.84 Å². The summed E-state index contributed by atoms with van der Waals surface area (Å²) in [5.74, 6) is 0. The number of sulfone groups is 1. The van der Waals surface area contributed by atoms with E-state index >= 15 is 0 Å². The second-order valence-corrected chi connectivity index (χ2v) is 6.03. The first-order valence-corrected chi connectivity index (χ1v) is 6.86. The SMILES string of the molecule is CONCc1ccccc1S(=O)(=O)C1COC1. The largest absolute Gasteiger partial charge is 0.379 e. The lowest BCUT2D eigenvalue weighted by atomic mass is 10.2. The predicted octanol–water partition coefficient (Wildman–Crippen LogP) is 0.510. The van der Waals surface area contributed by atoms with Gasteiger partial charge in [-0.3, -0.25) is 0 Å². The van der Waals surface area contributed by atoms with Crippen LogP contribution in [0.1, 0.15) is 5.56 Å². The summed E-state index contributed by atoms with van der Waals surface area (Å²) in [6, 6.07) is 6.93. The Morgan fingerprint density at radius 1 is 1.41 bits per heavy atom. The monoisotopic (exact) mass is 257 g/mol. The Kier molecular flexibility index (Phi) is 3.78. The molecule has 1 N–H and O–H groups in total. The number of hydrogen-bond donors (Lipinski definition) is 1. The third-order valence-corrected chi connectivity index (χ3v) is 4.89. The minimum atomic E-state index is -3.28. The van der Waals surface area contributed by atoms with Crippen molar-refractivity contribution < 1.29 is 18.0 Å². The van der Waals surface area contributed by atoms with Gasteiger partial charge in [0.25, 0.3) is 0 Å². The van der Waals surface area contributed by atoms with Crippen molar-refractivity contribution in [2.24, 2.45) is 0 Å². The van der Waals surface area contributed by atoms with Crippen molar-refractivity contribution in [3.8, 4) is 0 Å². The van der Waals surface area contributed by atoms with Crippen molar-refractivity contribution in [1.82, 2.24) is 5.48 Å². The highest BCUT2D eigenvalue weighted by atomic mass is 32.2. The van der Waals surface area contributed by atoms with Crippen molar-refractivity contribution in [3.63, 3.8) is 0 Å². The summed E-state index contributed by atoms with van der Waals surface area (Å²) >= 11 is 0. The zero-order valence-electron chi connectivity index (χ0n) is 9.55. The van der Waals surface area contributed by atoms with E-state index in [9.17, 15) is 8.42 Å². The molecule has 2 rings (SSSR count). The highest BCUT2D eigenvalue weighted by Gasteiger charge is 2.34. The number of nitrogens with one attached hydrogen (secondary N) is 1. The fraction of sp³-hybridized carbons (Fsp3) is 0.455. The second kappa shape index (κ2) is 5.14. The minimum absolute atomic E-state index is 0.286. The lowest BCUT2D eigenvalue weighted by Crippen LogP contribution is -2.41. The third-order valence-electron chi connectivity index (χ3n) is 2.73. The maximum absolute atomic E-state index is 12.2. The van der Waals surface area contributed by atoms with Gasteiger partial charge in [0, 0.05) is 6.54 Å². The molecule has 5 nitrogen and oxygen atoms in total. The van der Waals surface area contributed by atoms with E-state index in [0.717, 1.165) is 0 Å². The molecular weight excluding hydrogens is 242 g/mol. The number of benzene rings is 1. The molecule has 1 saturated heterocycles. The Labute approximate surface area is 101 Å². The van der Waals surface area contributed by atoms with Crippen LogP contribution in [0.3, 0.4) is 0 Å². The van der Waals surface area contributed by atoms with Gasteiger partial charge in [0.2, 0.25) is 0 Å². The van der Waals surface area contributed by atoms with Crippen molar-refractivity contribution in [3.05, 3.63) is 29.8 Å². The zero-order chi connectivity index (χ0) is 12.3. The van der Waals surface area contributed by atoms with Gasteiger partial charge in [0.1, 0.15) is 5.25 Å². The smallest absolute Gasteiger partial charge is 0.186 e. The van der Waals surface area contributed by atoms with Gasteiger partial charge in [0.05, 0.1) is 25.2 Å². The van der Waals surface area contributed by atoms with Crippen molar-refractivity contribution in [2.75, 3.05) is 20.3 Å². The first-order chi connectivity index (χ1) is 8.16. The van der Waals surface area contributed by atoms with Crippen LogP contribution in [0.4, 0.5) is 0 Å². The summed E-state index contributed by atoms with van der Waals surface area (Å²) in [7, 11) is -1.79. The number of hydrogen-bond acceptors (Lipinski definition) is 5. The van der Waals surface area contributed by atoms with Gasteiger partial charge < -0.3 is 9.57 Å². The molecule has 94 valence electrons. The normalized spacial score (nSPS) is 16.8. The molecule has 0 radical (unpaired) electrons. The maximum Gasteiger partial charge on any atom is 0.186 e. The first kappa shape index (κ1) is 12.5. The molecule has 1 aromatic rings. The van der Waals surface area contributed by atoms with Gasteiger partial charge in [-0.1, -0.05) is 18.2 Å². The zero-order valence-corrected chi connectivity index (χ0v) is 10.4. The molecule has 1 aliphatic heterocycles. The highest BCUT2D eigenvalue weighted by Crippen LogP contribution is 2.24. The molecule has 17 heavy (non-hydrogen) atoms. The van der Waals surface area contributed by atoms with Crippen LogP contribution in [0.2, 0.25) is 0 Å². The maximum atomic E-state index is 12.2. The molecule has 1 heterocycles. The molecular formula is C11H15NO4S. The van der Waals surface area contributed by atoms with Crippen LogP contribution < -0.4 is 5.48 Å². The molecule has 0 saturated carbocycles. The van der Waals surface area contributed by atoms with E-state index in [1.54, 1.807) is 18.2 Å². The molecule has 1 aromatic carbocycles. The van der Waals surface area contributed by atoms with Crippen LogP contribution in [0.25, 0.3) is 0 Å². The van der Waals surface area contributed by atoms with Crippen LogP contribution >= 0.6 is 0 Å². The van der Waals surface area contributed by atoms with Crippen LogP contribution in [-0.4, -0.2) is 34.0 Å². The van der Waals surface area contributed by atoms with Gasteiger partial charge in [-0.25, -0.2) is 8.42 Å². The fourth-order valence-electron chi connectivity index (χ4n) is 1.65. The lowest BCUT2D eigenvalue weighted by molar-refractivity contribution is 0.0415. The molecule has 1 fully saturated rings. The van der Waals surface area contributed by atoms with Gasteiger partial charge in [-0.15, -0.1) is 0 Å². The topological polar surface area (TPSA) is 64.6 Å². The van der Waals surface area contributed by atoms with Crippen molar-refractivity contribution in [1.29, 1.82) is 0 Å². The molecule has 0 aromatic heterocycles. The Morgan fingerprint density at radius 2 is 2.12 bits per heavy atom. The van der Waals surface area contributed by atoms with Crippen LogP contribution in [0.5, 0.6) is 0 Å². The average Bonchev–Trinajstić information content (AvgIpc) is 2.23. The van der Waals surface area contributed by atoms with E-state index in [1.807, 2.05) is 6.07 Å². The van der Waals surface area contributed by atoms with Crippen molar-refractivity contribution >= 4 is 9.84 Å². The number of hydroxylamine groups is 1. The van der Waals surface area contributed by atoms with Crippen LogP contribution in [0, 0.1) is 0 Å². The molecule has 0 amide bonds. The summed E-state index contributed by atoms with van der Waals surface area (Å²) < 4.78 is 29.4. The van der Waals surface area contributed by atoms with Crippen molar-refractivity contribution in [2.45, 2.75) is 16.7 Å². The lowest BCUT2D eigenvalue weighted by Gasteiger charge is -2.26. The van der Waals surface area contributed by atoms with Gasteiger partial charge >= 0.3 is 0 Å². The quantitative estimate of drug-likeness (QED) is 0.779. The highest BCUT2D eigenvalue weighted by molar-refractivity contribution is 7.92. The summed E-state index contributed by atoms with van der Waals surface area (Å²) in [4.78, 5) is 5.10. The standard InChI is InChI=1S/C11H15NO4S/c1-15-12-6-9-4-2-3-5-11(9)17(13,14)10-7-16-8-10/h2-5,10,12H,6-8H2,1H3. The Bertz CT molecular complexity index is 482. The Balaban J connectivity index is 2.30. The average molecular weight is 257 g/mol. The first-order valence-electron chi connectivity index (χ1n) is 5.31. The van der Waals surface area contributed by atoms with E-state index in [0.29, 0.717) is 17.0 Å². The molecule has 0 unspecified atom stereocenters. The van der Waals surface area contributed by atoms with E-state index < -0.39 is 15.1 Å². The molecule has 0 aliphatic carbocycles. The minimum Gasteiger partial charge on any atom is -0.379 e. The molecule has 1 aliphatic rings. The summed E-state index contributed by atoms with van der Waals surface area (Å²) in [5.41, 5.74) is 3.37. The summed E-state index contributed by atoms with van der Waals surface area (Å²) in [6.07, 6.45) is 0. The number of ether oxygens (including phenoxy) is 1. The van der Waals surface area contributed by atoms with Gasteiger partial charge in [-0.05, 0) is 11.6 Å². The van der Waals surface area contributed by atoms with E-state index in [1.165, 1.54) is 7.11 Å². The predicted molar refractivity (Wildman–Crippen MR) is 62.1 cm³/mol. The van der Waals surface area contributed by atoms with Crippen LogP contribution in [-0.2, 0) is 26.0 Å².